The van der Waals surface area contributed by atoms with E-state index in [1.165, 1.54) is 0 Å². The van der Waals surface area contributed by atoms with Crippen molar-refractivity contribution in [2.75, 3.05) is 20.8 Å². The lowest BCUT2D eigenvalue weighted by Gasteiger charge is -2.39. The molecule has 1 unspecified atom stereocenters. The van der Waals surface area contributed by atoms with E-state index < -0.39 is 6.29 Å². The number of fused-ring (bicyclic) bond motifs is 1. The van der Waals surface area contributed by atoms with Crippen molar-refractivity contribution in [3.63, 3.8) is 0 Å². The van der Waals surface area contributed by atoms with Crippen LogP contribution in [-0.2, 0) is 23.7 Å². The van der Waals surface area contributed by atoms with Crippen LogP contribution in [-0.4, -0.2) is 39.3 Å². The third-order valence-corrected chi connectivity index (χ3v) is 3.44. The number of hydrogen-bond donors (Lipinski definition) is 0. The van der Waals surface area contributed by atoms with Gasteiger partial charge in [0, 0.05) is 12.7 Å². The van der Waals surface area contributed by atoms with Gasteiger partial charge in [-0.2, -0.15) is 0 Å². The summed E-state index contributed by atoms with van der Waals surface area (Å²) in [5.41, 5.74) is 0.993. The molecule has 0 radical (unpaired) electrons. The van der Waals surface area contributed by atoms with Gasteiger partial charge in [-0.3, -0.25) is 0 Å². The molecule has 5 nitrogen and oxygen atoms in total. The SMILES string of the molecule is COC1=C[C@@H]2OC(c3ccccc3)OC[C@H]2O[C@@H]1OC. The van der Waals surface area contributed by atoms with E-state index in [-0.39, 0.29) is 18.5 Å². The third kappa shape index (κ3) is 2.58. The molecule has 5 heteroatoms. The van der Waals surface area contributed by atoms with Gasteiger partial charge < -0.3 is 23.7 Å². The van der Waals surface area contributed by atoms with Crippen molar-refractivity contribution in [3.8, 4) is 0 Å². The highest BCUT2D eigenvalue weighted by Gasteiger charge is 2.39. The van der Waals surface area contributed by atoms with Crippen molar-refractivity contribution in [2.24, 2.45) is 0 Å². The van der Waals surface area contributed by atoms with E-state index in [0.717, 1.165) is 5.56 Å². The molecular formula is C15H18O5. The van der Waals surface area contributed by atoms with E-state index in [2.05, 4.69) is 0 Å². The smallest absolute Gasteiger partial charge is 0.216 e. The maximum absolute atomic E-state index is 5.94. The van der Waals surface area contributed by atoms with E-state index in [9.17, 15) is 0 Å². The molecule has 0 amide bonds. The van der Waals surface area contributed by atoms with Crippen molar-refractivity contribution in [2.45, 2.75) is 24.8 Å². The van der Waals surface area contributed by atoms with E-state index in [4.69, 9.17) is 23.7 Å². The molecule has 2 aliphatic heterocycles. The Hall–Kier alpha value is -1.40. The molecule has 2 heterocycles. The Morgan fingerprint density at radius 1 is 1.10 bits per heavy atom. The van der Waals surface area contributed by atoms with Gasteiger partial charge in [-0.1, -0.05) is 30.3 Å². The molecule has 4 atom stereocenters. The summed E-state index contributed by atoms with van der Waals surface area (Å²) in [7, 11) is 3.17. The van der Waals surface area contributed by atoms with Gasteiger partial charge in [0.15, 0.2) is 12.0 Å². The Labute approximate surface area is 118 Å². The van der Waals surface area contributed by atoms with Gasteiger partial charge in [-0.25, -0.2) is 0 Å². The van der Waals surface area contributed by atoms with E-state index in [1.807, 2.05) is 36.4 Å². The third-order valence-electron chi connectivity index (χ3n) is 3.44. The number of ether oxygens (including phenoxy) is 5. The van der Waals surface area contributed by atoms with Crippen LogP contribution < -0.4 is 0 Å². The van der Waals surface area contributed by atoms with Crippen LogP contribution >= 0.6 is 0 Å². The minimum absolute atomic E-state index is 0.182. The summed E-state index contributed by atoms with van der Waals surface area (Å²) in [5.74, 6) is 0.627. The summed E-state index contributed by atoms with van der Waals surface area (Å²) in [6.07, 6.45) is 0.645. The topological polar surface area (TPSA) is 46.2 Å². The van der Waals surface area contributed by atoms with Crippen LogP contribution in [0.1, 0.15) is 11.9 Å². The van der Waals surface area contributed by atoms with E-state index in [0.29, 0.717) is 12.4 Å². The largest absolute Gasteiger partial charge is 0.496 e. The lowest BCUT2D eigenvalue weighted by Crippen LogP contribution is -2.47. The van der Waals surface area contributed by atoms with Crippen molar-refractivity contribution < 1.29 is 23.7 Å². The molecule has 1 saturated heterocycles. The molecule has 0 N–H and O–H groups in total. The van der Waals surface area contributed by atoms with Crippen LogP contribution in [0.5, 0.6) is 0 Å². The first-order valence-electron chi connectivity index (χ1n) is 6.58. The van der Waals surface area contributed by atoms with Gasteiger partial charge in [0.2, 0.25) is 6.29 Å². The van der Waals surface area contributed by atoms with Crippen LogP contribution in [0.3, 0.4) is 0 Å². The highest BCUT2D eigenvalue weighted by atomic mass is 16.7. The molecule has 20 heavy (non-hydrogen) atoms. The molecule has 0 bridgehead atoms. The number of methoxy groups -OCH3 is 2. The zero-order valence-corrected chi connectivity index (χ0v) is 11.5. The van der Waals surface area contributed by atoms with Gasteiger partial charge in [-0.15, -0.1) is 0 Å². The van der Waals surface area contributed by atoms with Gasteiger partial charge in [0.25, 0.3) is 0 Å². The van der Waals surface area contributed by atoms with Crippen molar-refractivity contribution >= 4 is 0 Å². The fraction of sp³-hybridized carbons (Fsp3) is 0.467. The Kier molecular flexibility index (Phi) is 4.03. The summed E-state index contributed by atoms with van der Waals surface area (Å²) >= 11 is 0. The van der Waals surface area contributed by atoms with Crippen LogP contribution in [0.25, 0.3) is 0 Å². The van der Waals surface area contributed by atoms with Crippen LogP contribution in [0.2, 0.25) is 0 Å². The summed E-state index contributed by atoms with van der Waals surface area (Å²) < 4.78 is 27.9. The first-order valence-corrected chi connectivity index (χ1v) is 6.58. The molecule has 1 aromatic carbocycles. The Morgan fingerprint density at radius 2 is 1.90 bits per heavy atom. The normalized spacial score (nSPS) is 33.2. The zero-order chi connectivity index (χ0) is 13.9. The first kappa shape index (κ1) is 13.6. The maximum atomic E-state index is 5.94. The maximum Gasteiger partial charge on any atom is 0.216 e. The number of hydrogen-bond acceptors (Lipinski definition) is 5. The Bertz CT molecular complexity index is 472. The minimum Gasteiger partial charge on any atom is -0.496 e. The molecular weight excluding hydrogens is 260 g/mol. The predicted molar refractivity (Wildman–Crippen MR) is 70.8 cm³/mol. The molecule has 2 aliphatic rings. The Balaban J connectivity index is 1.77. The second-order valence-corrected chi connectivity index (χ2v) is 4.69. The molecule has 0 aliphatic carbocycles. The average Bonchev–Trinajstić information content (AvgIpc) is 2.53. The summed E-state index contributed by atoms with van der Waals surface area (Å²) in [6.45, 7) is 0.456. The quantitative estimate of drug-likeness (QED) is 0.846. The minimum atomic E-state index is -0.498. The van der Waals surface area contributed by atoms with E-state index in [1.54, 1.807) is 14.2 Å². The van der Waals surface area contributed by atoms with Crippen molar-refractivity contribution in [3.05, 3.63) is 47.7 Å². The lowest BCUT2D eigenvalue weighted by atomic mass is 10.1. The second-order valence-electron chi connectivity index (χ2n) is 4.69. The fourth-order valence-corrected chi connectivity index (χ4v) is 2.40. The van der Waals surface area contributed by atoms with E-state index >= 15 is 0 Å². The zero-order valence-electron chi connectivity index (χ0n) is 11.5. The summed E-state index contributed by atoms with van der Waals surface area (Å²) in [5, 5.41) is 0. The van der Waals surface area contributed by atoms with Crippen LogP contribution in [0.15, 0.2) is 42.2 Å². The highest BCUT2D eigenvalue weighted by Crippen LogP contribution is 2.32. The average molecular weight is 278 g/mol. The molecule has 1 fully saturated rings. The van der Waals surface area contributed by atoms with Gasteiger partial charge in [0.1, 0.15) is 12.2 Å². The first-order chi connectivity index (χ1) is 9.81. The standard InChI is InChI=1S/C15H18O5/c1-16-12-8-11-13(20-15(12)17-2)9-18-14(19-11)10-6-4-3-5-7-10/h3-8,11,13-15H,9H2,1-2H3/t11-,13+,14?,15-/m0/s1. The molecule has 3 rings (SSSR count). The summed E-state index contributed by atoms with van der Waals surface area (Å²) in [4.78, 5) is 0. The lowest BCUT2D eigenvalue weighted by molar-refractivity contribution is -0.288. The molecule has 1 aromatic rings. The molecule has 108 valence electrons. The number of rotatable bonds is 3. The monoisotopic (exact) mass is 278 g/mol. The van der Waals surface area contributed by atoms with Crippen LogP contribution in [0.4, 0.5) is 0 Å². The molecule has 0 saturated carbocycles. The highest BCUT2D eigenvalue weighted by molar-refractivity contribution is 5.17. The van der Waals surface area contributed by atoms with Crippen molar-refractivity contribution in [1.82, 2.24) is 0 Å². The Morgan fingerprint density at radius 3 is 2.60 bits per heavy atom. The second kappa shape index (κ2) is 5.93. The predicted octanol–water partition coefficient (Wildman–Crippen LogP) is 2.00. The van der Waals surface area contributed by atoms with Gasteiger partial charge in [-0.05, 0) is 6.08 Å². The number of benzene rings is 1. The van der Waals surface area contributed by atoms with Gasteiger partial charge >= 0.3 is 0 Å². The van der Waals surface area contributed by atoms with Crippen LogP contribution in [0, 0.1) is 0 Å². The molecule has 0 spiro atoms. The summed E-state index contributed by atoms with van der Waals surface area (Å²) in [6, 6.07) is 9.85. The van der Waals surface area contributed by atoms with Gasteiger partial charge in [0.05, 0.1) is 13.7 Å². The fourth-order valence-electron chi connectivity index (χ4n) is 2.40. The molecule has 0 aromatic heterocycles. The van der Waals surface area contributed by atoms with Crippen molar-refractivity contribution in [1.29, 1.82) is 0 Å².